The van der Waals surface area contributed by atoms with E-state index in [9.17, 15) is 0 Å². The highest BCUT2D eigenvalue weighted by Gasteiger charge is 2.18. The molecular weight excluding hydrogens is 132 g/mol. The molecule has 0 atom stereocenters. The molecule has 0 aliphatic rings. The number of methoxy groups -OCH3 is 1. The van der Waals surface area contributed by atoms with Crippen LogP contribution < -0.4 is 0 Å². The van der Waals surface area contributed by atoms with Gasteiger partial charge in [-0.1, -0.05) is 13.8 Å². The van der Waals surface area contributed by atoms with E-state index in [0.29, 0.717) is 0 Å². The van der Waals surface area contributed by atoms with E-state index >= 15 is 0 Å². The van der Waals surface area contributed by atoms with Crippen molar-refractivity contribution in [3.05, 3.63) is 0 Å². The minimum Gasteiger partial charge on any atom is -0.388 e. The largest absolute Gasteiger partial charge is 0.388 e. The van der Waals surface area contributed by atoms with Gasteiger partial charge in [-0.3, -0.25) is 0 Å². The topological polar surface area (TPSA) is 49.7 Å². The van der Waals surface area contributed by atoms with Crippen LogP contribution in [-0.2, 0) is 4.74 Å². The van der Waals surface area contributed by atoms with Crippen molar-refractivity contribution in [2.45, 2.75) is 26.6 Å². The number of hydrogen-bond donors (Lipinski definition) is 2. The number of ether oxygens (including phenoxy) is 1. The Morgan fingerprint density at radius 1 is 1.20 bits per heavy atom. The molecule has 0 radical (unpaired) electrons. The molecule has 3 heteroatoms. The highest BCUT2D eigenvalue weighted by molar-refractivity contribution is 4.59. The first-order chi connectivity index (χ1) is 4.36. The van der Waals surface area contributed by atoms with E-state index in [2.05, 4.69) is 4.74 Å². The van der Waals surface area contributed by atoms with Gasteiger partial charge in [0.05, 0.1) is 0 Å². The zero-order valence-corrected chi connectivity index (χ0v) is 7.38. The standard InChI is InChI=1S/C5H12O2.C2H6O/c1-4(2)5(3,6)7;1-3-2/h4,6-7H,1-3H3;1-2H3. The van der Waals surface area contributed by atoms with Crippen molar-refractivity contribution in [2.24, 2.45) is 5.92 Å². The minimum absolute atomic E-state index is 0.0903. The quantitative estimate of drug-likeness (QED) is 0.538. The second-order valence-corrected chi connectivity index (χ2v) is 2.66. The summed E-state index contributed by atoms with van der Waals surface area (Å²) in [6, 6.07) is 0. The molecule has 0 aromatic heterocycles. The Hall–Kier alpha value is -0.120. The van der Waals surface area contributed by atoms with E-state index in [1.54, 1.807) is 28.1 Å². The summed E-state index contributed by atoms with van der Waals surface area (Å²) < 4.78 is 4.25. The first-order valence-corrected chi connectivity index (χ1v) is 3.21. The Kier molecular flexibility index (Phi) is 7.09. The first-order valence-electron chi connectivity index (χ1n) is 3.21. The maximum Gasteiger partial charge on any atom is 0.161 e. The molecule has 3 nitrogen and oxygen atoms in total. The van der Waals surface area contributed by atoms with Crippen LogP contribution in [0.1, 0.15) is 20.8 Å². The Morgan fingerprint density at radius 3 is 1.30 bits per heavy atom. The fourth-order valence-electron chi connectivity index (χ4n) is 0. The van der Waals surface area contributed by atoms with Crippen LogP contribution in [0.25, 0.3) is 0 Å². The van der Waals surface area contributed by atoms with Gasteiger partial charge in [0.25, 0.3) is 0 Å². The maximum absolute atomic E-state index is 8.65. The normalized spacial score (nSPS) is 10.8. The maximum atomic E-state index is 8.65. The van der Waals surface area contributed by atoms with Gasteiger partial charge in [-0.2, -0.15) is 0 Å². The molecule has 10 heavy (non-hydrogen) atoms. The van der Waals surface area contributed by atoms with Gasteiger partial charge in [0.2, 0.25) is 0 Å². The molecule has 0 aromatic rings. The first kappa shape index (κ1) is 12.5. The Labute approximate surface area is 62.6 Å². The summed E-state index contributed by atoms with van der Waals surface area (Å²) in [6.07, 6.45) is 0. The van der Waals surface area contributed by atoms with E-state index in [1.807, 2.05) is 0 Å². The molecule has 0 aromatic carbocycles. The van der Waals surface area contributed by atoms with Crippen LogP contribution in [0.3, 0.4) is 0 Å². The summed E-state index contributed by atoms with van der Waals surface area (Å²) in [6.45, 7) is 4.87. The van der Waals surface area contributed by atoms with Crippen molar-refractivity contribution in [3.8, 4) is 0 Å². The van der Waals surface area contributed by atoms with Crippen molar-refractivity contribution in [1.82, 2.24) is 0 Å². The Balaban J connectivity index is 0. The van der Waals surface area contributed by atoms with Gasteiger partial charge in [0.15, 0.2) is 5.79 Å². The van der Waals surface area contributed by atoms with Crippen LogP contribution >= 0.6 is 0 Å². The second-order valence-electron chi connectivity index (χ2n) is 2.66. The molecule has 0 spiro atoms. The summed E-state index contributed by atoms with van der Waals surface area (Å²) in [5.74, 6) is -1.59. The lowest BCUT2D eigenvalue weighted by Crippen LogP contribution is -2.29. The molecule has 0 saturated carbocycles. The van der Waals surface area contributed by atoms with Crippen molar-refractivity contribution < 1.29 is 14.9 Å². The van der Waals surface area contributed by atoms with Crippen molar-refractivity contribution >= 4 is 0 Å². The van der Waals surface area contributed by atoms with E-state index in [4.69, 9.17) is 10.2 Å². The molecule has 0 amide bonds. The lowest BCUT2D eigenvalue weighted by Gasteiger charge is -2.19. The summed E-state index contributed by atoms with van der Waals surface area (Å²) in [4.78, 5) is 0. The smallest absolute Gasteiger partial charge is 0.161 e. The van der Waals surface area contributed by atoms with Crippen molar-refractivity contribution in [1.29, 1.82) is 0 Å². The SMILES string of the molecule is CC(C)C(C)(O)O.COC. The Bertz CT molecular complexity index is 63.7. The van der Waals surface area contributed by atoms with Crippen molar-refractivity contribution in [3.63, 3.8) is 0 Å². The fourth-order valence-corrected chi connectivity index (χ4v) is 0. The zero-order chi connectivity index (χ0) is 8.78. The van der Waals surface area contributed by atoms with E-state index in [-0.39, 0.29) is 5.92 Å². The lowest BCUT2D eigenvalue weighted by atomic mass is 10.1. The van der Waals surface area contributed by atoms with Crippen LogP contribution in [0.5, 0.6) is 0 Å². The van der Waals surface area contributed by atoms with Crippen LogP contribution in [0.15, 0.2) is 0 Å². The molecular formula is C7H18O3. The number of aliphatic hydroxyl groups is 2. The van der Waals surface area contributed by atoms with Crippen molar-refractivity contribution in [2.75, 3.05) is 14.2 Å². The van der Waals surface area contributed by atoms with E-state index < -0.39 is 5.79 Å². The van der Waals surface area contributed by atoms with Gasteiger partial charge in [-0.25, -0.2) is 0 Å². The molecule has 0 aliphatic heterocycles. The molecule has 0 heterocycles. The minimum atomic E-state index is -1.50. The molecule has 64 valence electrons. The molecule has 0 fully saturated rings. The third-order valence-electron chi connectivity index (χ3n) is 1.09. The summed E-state index contributed by atoms with van der Waals surface area (Å²) in [5, 5.41) is 17.3. The summed E-state index contributed by atoms with van der Waals surface area (Å²) in [7, 11) is 3.25. The number of hydrogen-bond acceptors (Lipinski definition) is 3. The summed E-state index contributed by atoms with van der Waals surface area (Å²) in [5.41, 5.74) is 0. The van der Waals surface area contributed by atoms with Gasteiger partial charge in [0, 0.05) is 20.1 Å². The summed E-state index contributed by atoms with van der Waals surface area (Å²) >= 11 is 0. The monoisotopic (exact) mass is 150 g/mol. The Morgan fingerprint density at radius 2 is 1.30 bits per heavy atom. The van der Waals surface area contributed by atoms with E-state index in [1.165, 1.54) is 6.92 Å². The highest BCUT2D eigenvalue weighted by atomic mass is 16.5. The van der Waals surface area contributed by atoms with Crippen LogP contribution in [0.2, 0.25) is 0 Å². The molecule has 0 rings (SSSR count). The fraction of sp³-hybridized carbons (Fsp3) is 1.00. The molecule has 2 N–H and O–H groups in total. The van der Waals surface area contributed by atoms with Gasteiger partial charge < -0.3 is 14.9 Å². The zero-order valence-electron chi connectivity index (χ0n) is 7.38. The predicted octanol–water partition coefficient (Wildman–Crippen LogP) is 0.606. The number of rotatable bonds is 1. The van der Waals surface area contributed by atoms with Gasteiger partial charge >= 0.3 is 0 Å². The average Bonchev–Trinajstić information content (AvgIpc) is 1.64. The van der Waals surface area contributed by atoms with Gasteiger partial charge in [-0.05, 0) is 6.92 Å². The third kappa shape index (κ3) is 10.8. The average molecular weight is 150 g/mol. The molecule has 0 aliphatic carbocycles. The van der Waals surface area contributed by atoms with Gasteiger partial charge in [0.1, 0.15) is 0 Å². The van der Waals surface area contributed by atoms with Crippen LogP contribution in [0.4, 0.5) is 0 Å². The second kappa shape index (κ2) is 5.65. The molecule has 0 saturated heterocycles. The molecule has 0 unspecified atom stereocenters. The van der Waals surface area contributed by atoms with Crippen LogP contribution in [-0.4, -0.2) is 30.2 Å². The highest BCUT2D eigenvalue weighted by Crippen LogP contribution is 2.09. The van der Waals surface area contributed by atoms with E-state index in [0.717, 1.165) is 0 Å². The predicted molar refractivity (Wildman–Crippen MR) is 40.6 cm³/mol. The third-order valence-corrected chi connectivity index (χ3v) is 1.09. The van der Waals surface area contributed by atoms with Gasteiger partial charge in [-0.15, -0.1) is 0 Å². The lowest BCUT2D eigenvalue weighted by molar-refractivity contribution is -0.176. The molecule has 0 bridgehead atoms. The van der Waals surface area contributed by atoms with Crippen LogP contribution in [0, 0.1) is 5.92 Å².